The number of alkyl halides is 3. The molecule has 3 rings (SSSR count). The summed E-state index contributed by atoms with van der Waals surface area (Å²) in [4.78, 5) is 36.4. The number of ether oxygens (including phenoxy) is 1. The molecular weight excluding hydrogens is 391 g/mol. The maximum Gasteiger partial charge on any atom is 0.416 e. The van der Waals surface area contributed by atoms with Gasteiger partial charge in [0.05, 0.1) is 5.56 Å². The Balaban J connectivity index is 1.72. The minimum Gasteiger partial charge on any atom is -0.449 e. The van der Waals surface area contributed by atoms with E-state index in [2.05, 4.69) is 5.32 Å². The molecule has 2 aromatic carbocycles. The standard InChI is InChI=1S/C20H14F3NO5/c1-11(17(25)24-14-7-4-6-13(10-14)20(21,22)23)28-18(26)15-9-12-5-2-3-8-16(12)29-19(15)27/h2-11H,1H3,(H,24,25)/t11-/m0/s1. The predicted octanol–water partition coefficient (Wildman–Crippen LogP) is 4.00. The third kappa shape index (κ3) is 4.63. The molecule has 29 heavy (non-hydrogen) atoms. The number of nitrogens with one attached hydrogen (secondary N) is 1. The number of carbonyl (C=O) groups excluding carboxylic acids is 2. The number of fused-ring (bicyclic) bond motifs is 1. The van der Waals surface area contributed by atoms with Crippen LogP contribution in [0.1, 0.15) is 22.8 Å². The van der Waals surface area contributed by atoms with Crippen molar-refractivity contribution in [1.29, 1.82) is 0 Å². The average Bonchev–Trinajstić information content (AvgIpc) is 2.66. The highest BCUT2D eigenvalue weighted by atomic mass is 19.4. The molecule has 1 aromatic heterocycles. The average molecular weight is 405 g/mol. The largest absolute Gasteiger partial charge is 0.449 e. The van der Waals surface area contributed by atoms with Crippen LogP contribution in [0.2, 0.25) is 0 Å². The van der Waals surface area contributed by atoms with Gasteiger partial charge in [0, 0.05) is 11.1 Å². The lowest BCUT2D eigenvalue weighted by Gasteiger charge is -2.14. The smallest absolute Gasteiger partial charge is 0.416 e. The number of hydrogen-bond donors (Lipinski definition) is 1. The van der Waals surface area contributed by atoms with E-state index in [-0.39, 0.29) is 11.3 Å². The highest BCUT2D eigenvalue weighted by Gasteiger charge is 2.30. The highest BCUT2D eigenvalue weighted by Crippen LogP contribution is 2.30. The molecule has 0 saturated carbocycles. The third-order valence-corrected chi connectivity index (χ3v) is 3.97. The number of benzene rings is 2. The second-order valence-electron chi connectivity index (χ2n) is 6.10. The zero-order valence-corrected chi connectivity index (χ0v) is 14.9. The fourth-order valence-electron chi connectivity index (χ4n) is 2.50. The van der Waals surface area contributed by atoms with E-state index in [4.69, 9.17) is 9.15 Å². The molecule has 9 heteroatoms. The third-order valence-electron chi connectivity index (χ3n) is 3.97. The molecule has 150 valence electrons. The Morgan fingerprint density at radius 1 is 1.07 bits per heavy atom. The number of hydrogen-bond acceptors (Lipinski definition) is 5. The molecule has 0 saturated heterocycles. The molecule has 1 N–H and O–H groups in total. The van der Waals surface area contributed by atoms with Crippen molar-refractivity contribution in [3.63, 3.8) is 0 Å². The van der Waals surface area contributed by atoms with E-state index in [0.717, 1.165) is 18.2 Å². The Kier molecular flexibility index (Phi) is 5.40. The summed E-state index contributed by atoms with van der Waals surface area (Å²) in [6, 6.07) is 11.8. The normalized spacial score (nSPS) is 12.4. The Morgan fingerprint density at radius 2 is 1.79 bits per heavy atom. The molecule has 1 amide bonds. The molecule has 0 fully saturated rings. The first kappa shape index (κ1) is 20.1. The quantitative estimate of drug-likeness (QED) is 0.524. The highest BCUT2D eigenvalue weighted by molar-refractivity contribution is 5.98. The lowest BCUT2D eigenvalue weighted by Crippen LogP contribution is -2.31. The van der Waals surface area contributed by atoms with E-state index in [0.29, 0.717) is 5.39 Å². The summed E-state index contributed by atoms with van der Waals surface area (Å²) in [6.07, 6.45) is -5.94. The van der Waals surface area contributed by atoms with Gasteiger partial charge in [-0.3, -0.25) is 4.79 Å². The van der Waals surface area contributed by atoms with Gasteiger partial charge in [-0.1, -0.05) is 24.3 Å². The molecule has 0 bridgehead atoms. The Labute approximate surface area is 161 Å². The van der Waals surface area contributed by atoms with Gasteiger partial charge in [-0.25, -0.2) is 9.59 Å². The van der Waals surface area contributed by atoms with Crippen LogP contribution in [-0.2, 0) is 15.7 Å². The molecule has 6 nitrogen and oxygen atoms in total. The molecule has 0 unspecified atom stereocenters. The van der Waals surface area contributed by atoms with Gasteiger partial charge in [-0.2, -0.15) is 13.2 Å². The van der Waals surface area contributed by atoms with Crippen LogP contribution in [-0.4, -0.2) is 18.0 Å². The minimum atomic E-state index is -4.57. The number of carbonyl (C=O) groups is 2. The van der Waals surface area contributed by atoms with Crippen molar-refractivity contribution in [2.75, 3.05) is 5.32 Å². The second-order valence-corrected chi connectivity index (χ2v) is 6.10. The predicted molar refractivity (Wildman–Crippen MR) is 97.4 cm³/mol. The van der Waals surface area contributed by atoms with Gasteiger partial charge in [0.15, 0.2) is 6.10 Å². The van der Waals surface area contributed by atoms with Gasteiger partial charge in [-0.15, -0.1) is 0 Å². The molecule has 0 aliphatic carbocycles. The Morgan fingerprint density at radius 3 is 2.52 bits per heavy atom. The van der Waals surface area contributed by atoms with Gasteiger partial charge in [0.2, 0.25) is 0 Å². The number of amides is 1. The first-order valence-electron chi connectivity index (χ1n) is 8.37. The van der Waals surface area contributed by atoms with Crippen LogP contribution in [0.4, 0.5) is 18.9 Å². The molecule has 0 aliphatic heterocycles. The van der Waals surface area contributed by atoms with Crippen LogP contribution >= 0.6 is 0 Å². The van der Waals surface area contributed by atoms with E-state index in [1.54, 1.807) is 24.3 Å². The fraction of sp³-hybridized carbons (Fsp3) is 0.150. The first-order chi connectivity index (χ1) is 13.6. The number of anilines is 1. The van der Waals surface area contributed by atoms with Gasteiger partial charge in [-0.05, 0) is 37.3 Å². The zero-order valence-electron chi connectivity index (χ0n) is 14.9. The van der Waals surface area contributed by atoms with Crippen molar-refractivity contribution in [1.82, 2.24) is 0 Å². The summed E-state index contributed by atoms with van der Waals surface area (Å²) < 4.78 is 48.3. The summed E-state index contributed by atoms with van der Waals surface area (Å²) >= 11 is 0. The summed E-state index contributed by atoms with van der Waals surface area (Å²) in [5.74, 6) is -1.95. The lowest BCUT2D eigenvalue weighted by molar-refractivity contribution is -0.137. The van der Waals surface area contributed by atoms with Crippen molar-refractivity contribution < 1.29 is 31.9 Å². The lowest BCUT2D eigenvalue weighted by atomic mass is 10.2. The van der Waals surface area contributed by atoms with E-state index in [9.17, 15) is 27.6 Å². The number of esters is 1. The summed E-state index contributed by atoms with van der Waals surface area (Å²) in [5.41, 5.74) is -2.10. The molecule has 0 radical (unpaired) electrons. The van der Waals surface area contributed by atoms with E-state index in [1.165, 1.54) is 19.1 Å². The van der Waals surface area contributed by atoms with Crippen molar-refractivity contribution in [2.45, 2.75) is 19.2 Å². The maximum atomic E-state index is 12.8. The van der Waals surface area contributed by atoms with Crippen LogP contribution in [0.3, 0.4) is 0 Å². The van der Waals surface area contributed by atoms with Gasteiger partial charge >= 0.3 is 17.8 Å². The molecule has 1 atom stereocenters. The first-order valence-corrected chi connectivity index (χ1v) is 8.37. The van der Waals surface area contributed by atoms with Gasteiger partial charge in [0.1, 0.15) is 11.1 Å². The SMILES string of the molecule is C[C@H](OC(=O)c1cc2ccccc2oc1=O)C(=O)Nc1cccc(C(F)(F)F)c1. The monoisotopic (exact) mass is 405 g/mol. The minimum absolute atomic E-state index is 0.113. The molecule has 1 heterocycles. The number of halogens is 3. The number of para-hydroxylation sites is 1. The van der Waals surface area contributed by atoms with Crippen LogP contribution in [0, 0.1) is 0 Å². The van der Waals surface area contributed by atoms with Crippen molar-refractivity contribution in [3.05, 3.63) is 76.1 Å². The number of rotatable bonds is 4. The Bertz CT molecular complexity index is 1140. The van der Waals surface area contributed by atoms with Crippen LogP contribution in [0.5, 0.6) is 0 Å². The van der Waals surface area contributed by atoms with Crippen molar-refractivity contribution in [3.8, 4) is 0 Å². The van der Waals surface area contributed by atoms with Crippen LogP contribution in [0.25, 0.3) is 11.0 Å². The van der Waals surface area contributed by atoms with E-state index < -0.39 is 40.9 Å². The zero-order chi connectivity index (χ0) is 21.2. The van der Waals surface area contributed by atoms with Crippen LogP contribution in [0.15, 0.2) is 63.8 Å². The van der Waals surface area contributed by atoms with Gasteiger partial charge < -0.3 is 14.5 Å². The van der Waals surface area contributed by atoms with E-state index >= 15 is 0 Å². The summed E-state index contributed by atoms with van der Waals surface area (Å²) in [6.45, 7) is 1.23. The molecule has 0 spiro atoms. The molecule has 0 aliphatic rings. The van der Waals surface area contributed by atoms with E-state index in [1.807, 2.05) is 0 Å². The van der Waals surface area contributed by atoms with Crippen molar-refractivity contribution >= 4 is 28.5 Å². The second kappa shape index (κ2) is 7.78. The topological polar surface area (TPSA) is 85.6 Å². The molecule has 3 aromatic rings. The van der Waals surface area contributed by atoms with Crippen molar-refractivity contribution in [2.24, 2.45) is 0 Å². The fourth-order valence-corrected chi connectivity index (χ4v) is 2.50. The van der Waals surface area contributed by atoms with Crippen LogP contribution < -0.4 is 10.9 Å². The maximum absolute atomic E-state index is 12.8. The molecular formula is C20H14F3NO5. The van der Waals surface area contributed by atoms with Gasteiger partial charge in [0.25, 0.3) is 5.91 Å². The summed E-state index contributed by atoms with van der Waals surface area (Å²) in [7, 11) is 0. The Hall–Kier alpha value is -3.62. The summed E-state index contributed by atoms with van der Waals surface area (Å²) in [5, 5.41) is 2.72.